The molecule has 0 bridgehead atoms. The molecule has 2 unspecified atom stereocenters. The number of H-pyrrole nitrogens is 1. The number of aromatic amines is 1. The molecule has 0 aliphatic heterocycles. The Hall–Kier alpha value is -4.47. The molecule has 10 heteroatoms. The Morgan fingerprint density at radius 3 is 2.34 bits per heavy atom. The number of fused-ring (bicyclic) bond motifs is 1. The minimum atomic E-state index is -0.822. The van der Waals surface area contributed by atoms with Crippen LogP contribution >= 0.6 is 0 Å². The standard InChI is InChI=1S/C15H12N2O2.C14H21NO3.C5H10O2/c1-19-11-7-8-12-13(9-11)16-14(17-15(12)18)10-5-3-2-4-6-10;1-3-11-9-14(11,13(17)18-4-2)15-12(16)10-7-5-6-8-10;1-5(2,3)7-4-6/h2-9H,1H3,(H,16,17,18);3,10-11H,1,4-9H2,2H3,(H,15,16);4H,1-3H3. The predicted octanol–water partition coefficient (Wildman–Crippen LogP) is 5.36. The van der Waals surface area contributed by atoms with Gasteiger partial charge in [0.1, 0.15) is 22.7 Å². The lowest BCUT2D eigenvalue weighted by atomic mass is 10.1. The van der Waals surface area contributed by atoms with Crippen LogP contribution in [0.25, 0.3) is 22.3 Å². The predicted molar refractivity (Wildman–Crippen MR) is 169 cm³/mol. The number of hydrogen-bond donors (Lipinski definition) is 2. The molecule has 3 aromatic rings. The van der Waals surface area contributed by atoms with E-state index in [0.717, 1.165) is 31.2 Å². The number of rotatable bonds is 8. The number of benzene rings is 2. The van der Waals surface area contributed by atoms with E-state index >= 15 is 0 Å². The van der Waals surface area contributed by atoms with Crippen LogP contribution < -0.4 is 15.6 Å². The van der Waals surface area contributed by atoms with Crippen LogP contribution in [-0.4, -0.2) is 53.2 Å². The molecule has 0 spiro atoms. The monoisotopic (exact) mass is 605 g/mol. The zero-order chi connectivity index (χ0) is 32.3. The lowest BCUT2D eigenvalue weighted by Gasteiger charge is -2.19. The number of nitrogens with one attached hydrogen (secondary N) is 2. The van der Waals surface area contributed by atoms with Gasteiger partial charge in [0.25, 0.3) is 12.0 Å². The summed E-state index contributed by atoms with van der Waals surface area (Å²) in [6, 6.07) is 14.8. The lowest BCUT2D eigenvalue weighted by molar-refractivity contribution is -0.149. The first-order valence-electron chi connectivity index (χ1n) is 14.8. The Morgan fingerprint density at radius 2 is 1.82 bits per heavy atom. The van der Waals surface area contributed by atoms with Crippen molar-refractivity contribution in [2.75, 3.05) is 13.7 Å². The van der Waals surface area contributed by atoms with Crippen molar-refractivity contribution in [3.63, 3.8) is 0 Å². The van der Waals surface area contributed by atoms with Gasteiger partial charge in [0, 0.05) is 23.5 Å². The van der Waals surface area contributed by atoms with Crippen LogP contribution in [0.15, 0.2) is 66.0 Å². The SMILES string of the molecule is C=CC1CC1(NC(=O)C1CCCC1)C(=O)OCC.CC(C)(C)OC=O.COc1ccc2c(=O)[nH]c(-c3ccccc3)nc2c1. The number of methoxy groups -OCH3 is 1. The van der Waals surface area contributed by atoms with Gasteiger partial charge < -0.3 is 24.5 Å². The molecule has 44 heavy (non-hydrogen) atoms. The molecule has 2 N–H and O–H groups in total. The Bertz CT molecular complexity index is 1490. The first-order chi connectivity index (χ1) is 21.0. The van der Waals surface area contributed by atoms with Gasteiger partial charge in [-0.05, 0) is 59.1 Å². The maximum absolute atomic E-state index is 12.1. The second kappa shape index (κ2) is 15.3. The maximum Gasteiger partial charge on any atom is 0.332 e. The van der Waals surface area contributed by atoms with Crippen molar-refractivity contribution in [2.24, 2.45) is 11.8 Å². The molecular weight excluding hydrogens is 562 g/mol. The van der Waals surface area contributed by atoms with E-state index in [2.05, 4.69) is 26.6 Å². The summed E-state index contributed by atoms with van der Waals surface area (Å²) in [6.45, 7) is 11.7. The number of carbonyl (C=O) groups is 3. The third kappa shape index (κ3) is 9.02. The summed E-state index contributed by atoms with van der Waals surface area (Å²) in [4.78, 5) is 53.0. The van der Waals surface area contributed by atoms with Crippen molar-refractivity contribution in [2.45, 2.75) is 70.9 Å². The quantitative estimate of drug-likeness (QED) is 0.199. The Morgan fingerprint density at radius 1 is 1.14 bits per heavy atom. The van der Waals surface area contributed by atoms with Crippen molar-refractivity contribution in [1.29, 1.82) is 0 Å². The number of esters is 1. The van der Waals surface area contributed by atoms with Gasteiger partial charge in [-0.1, -0.05) is 49.2 Å². The fourth-order valence-corrected chi connectivity index (χ4v) is 4.90. The highest BCUT2D eigenvalue weighted by Crippen LogP contribution is 2.46. The van der Waals surface area contributed by atoms with Gasteiger partial charge in [0.2, 0.25) is 5.91 Å². The van der Waals surface area contributed by atoms with E-state index in [-0.39, 0.29) is 34.9 Å². The summed E-state index contributed by atoms with van der Waals surface area (Å²) in [5.74, 6) is 1.02. The van der Waals surface area contributed by atoms with Crippen LogP contribution in [0.5, 0.6) is 5.75 Å². The highest BCUT2D eigenvalue weighted by Gasteiger charge is 2.61. The van der Waals surface area contributed by atoms with Gasteiger partial charge in [0.15, 0.2) is 0 Å². The van der Waals surface area contributed by atoms with Crippen LogP contribution in [0.1, 0.15) is 59.8 Å². The minimum absolute atomic E-state index is 0.00454. The molecule has 2 aromatic carbocycles. The molecular formula is C34H43N3O7. The summed E-state index contributed by atoms with van der Waals surface area (Å²) in [5.41, 5.74) is 0.219. The third-order valence-corrected chi connectivity index (χ3v) is 7.37. The molecule has 0 radical (unpaired) electrons. The van der Waals surface area contributed by atoms with Crippen LogP contribution in [0.4, 0.5) is 0 Å². The molecule has 10 nitrogen and oxygen atoms in total. The molecule has 1 amide bonds. The zero-order valence-electron chi connectivity index (χ0n) is 26.2. The molecule has 1 aromatic heterocycles. The largest absolute Gasteiger partial charge is 0.497 e. The maximum atomic E-state index is 12.1. The second-order valence-corrected chi connectivity index (χ2v) is 11.7. The van der Waals surface area contributed by atoms with Gasteiger partial charge in [0.05, 0.1) is 24.6 Å². The van der Waals surface area contributed by atoms with E-state index in [1.54, 1.807) is 38.3 Å². The van der Waals surface area contributed by atoms with Gasteiger partial charge in [-0.2, -0.15) is 0 Å². The molecule has 2 aliphatic carbocycles. The number of aromatic nitrogens is 2. The summed E-state index contributed by atoms with van der Waals surface area (Å²) in [5, 5.41) is 3.47. The summed E-state index contributed by atoms with van der Waals surface area (Å²) in [6.07, 6.45) is 6.43. The van der Waals surface area contributed by atoms with Gasteiger partial charge >= 0.3 is 5.97 Å². The van der Waals surface area contributed by atoms with Crippen LogP contribution in [0.3, 0.4) is 0 Å². The van der Waals surface area contributed by atoms with E-state index in [1.165, 1.54) is 0 Å². The lowest BCUT2D eigenvalue weighted by Crippen LogP contribution is -2.47. The molecule has 2 saturated carbocycles. The van der Waals surface area contributed by atoms with E-state index in [0.29, 0.717) is 42.0 Å². The first-order valence-corrected chi connectivity index (χ1v) is 14.8. The smallest absolute Gasteiger partial charge is 0.332 e. The van der Waals surface area contributed by atoms with Crippen LogP contribution in [0, 0.1) is 11.8 Å². The number of amides is 1. The normalized spacial score (nSPS) is 18.9. The van der Waals surface area contributed by atoms with Crippen LogP contribution in [-0.2, 0) is 23.9 Å². The van der Waals surface area contributed by atoms with Gasteiger partial charge in [-0.25, -0.2) is 9.78 Å². The Balaban J connectivity index is 0.000000199. The molecule has 1 heterocycles. The zero-order valence-corrected chi connectivity index (χ0v) is 26.2. The van der Waals surface area contributed by atoms with Crippen molar-refractivity contribution in [1.82, 2.24) is 15.3 Å². The minimum Gasteiger partial charge on any atom is -0.497 e. The summed E-state index contributed by atoms with van der Waals surface area (Å²) in [7, 11) is 1.59. The molecule has 2 fully saturated rings. The van der Waals surface area contributed by atoms with Gasteiger partial charge in [-0.3, -0.25) is 14.4 Å². The number of hydrogen-bond acceptors (Lipinski definition) is 8. The van der Waals surface area contributed by atoms with E-state index < -0.39 is 5.54 Å². The molecule has 0 saturated heterocycles. The number of carbonyl (C=O) groups excluding carboxylic acids is 3. The van der Waals surface area contributed by atoms with Gasteiger partial charge in [-0.15, -0.1) is 6.58 Å². The van der Waals surface area contributed by atoms with Crippen molar-refractivity contribution < 1.29 is 28.6 Å². The van der Waals surface area contributed by atoms with E-state index in [9.17, 15) is 19.2 Å². The fraction of sp³-hybridized carbons (Fsp3) is 0.441. The molecule has 236 valence electrons. The second-order valence-electron chi connectivity index (χ2n) is 11.7. The summed E-state index contributed by atoms with van der Waals surface area (Å²) >= 11 is 0. The van der Waals surface area contributed by atoms with Crippen LogP contribution in [0.2, 0.25) is 0 Å². The highest BCUT2D eigenvalue weighted by molar-refractivity contribution is 5.92. The van der Waals surface area contributed by atoms with E-state index in [4.69, 9.17) is 9.47 Å². The van der Waals surface area contributed by atoms with Crippen molar-refractivity contribution in [3.05, 3.63) is 71.5 Å². The highest BCUT2D eigenvalue weighted by atomic mass is 16.5. The van der Waals surface area contributed by atoms with E-state index in [1.807, 2.05) is 51.1 Å². The van der Waals surface area contributed by atoms with Crippen molar-refractivity contribution in [3.8, 4) is 17.1 Å². The Labute approximate surface area is 258 Å². The first kappa shape index (κ1) is 34.0. The average molecular weight is 606 g/mol. The molecule has 5 rings (SSSR count). The average Bonchev–Trinajstić information content (AvgIpc) is 3.43. The van der Waals surface area contributed by atoms with Crippen molar-refractivity contribution >= 4 is 29.3 Å². The topological polar surface area (TPSA) is 137 Å². The molecule has 2 aliphatic rings. The third-order valence-electron chi connectivity index (χ3n) is 7.37. The molecule has 2 atom stereocenters. The summed E-state index contributed by atoms with van der Waals surface area (Å²) < 4.78 is 14.8. The number of ether oxygens (including phenoxy) is 3. The fourth-order valence-electron chi connectivity index (χ4n) is 4.90. The number of nitrogens with zero attached hydrogens (tertiary/aromatic N) is 1. The Kier molecular flexibility index (Phi) is 11.8.